The SMILES string of the molecule is CCCCCSc1nc(NCCC)nc(OC(C)C)n1. The van der Waals surface area contributed by atoms with E-state index in [-0.39, 0.29) is 6.10 Å². The Morgan fingerprint density at radius 2 is 1.90 bits per heavy atom. The van der Waals surface area contributed by atoms with Crippen LogP contribution in [0, 0.1) is 0 Å². The molecule has 6 heteroatoms. The normalized spacial score (nSPS) is 10.8. The van der Waals surface area contributed by atoms with Gasteiger partial charge in [-0.2, -0.15) is 15.0 Å². The molecule has 114 valence electrons. The van der Waals surface area contributed by atoms with Crippen LogP contribution in [0.15, 0.2) is 5.16 Å². The Balaban J connectivity index is 2.69. The predicted molar refractivity (Wildman–Crippen MR) is 84.6 cm³/mol. The van der Waals surface area contributed by atoms with Gasteiger partial charge in [-0.3, -0.25) is 0 Å². The van der Waals surface area contributed by atoms with E-state index in [9.17, 15) is 0 Å². The van der Waals surface area contributed by atoms with Crippen molar-refractivity contribution in [1.82, 2.24) is 15.0 Å². The second kappa shape index (κ2) is 9.80. The van der Waals surface area contributed by atoms with E-state index in [2.05, 4.69) is 34.1 Å². The van der Waals surface area contributed by atoms with Crippen molar-refractivity contribution >= 4 is 17.7 Å². The number of ether oxygens (including phenoxy) is 1. The maximum atomic E-state index is 5.59. The highest BCUT2D eigenvalue weighted by Crippen LogP contribution is 2.19. The number of aromatic nitrogens is 3. The monoisotopic (exact) mass is 298 g/mol. The fourth-order valence-electron chi connectivity index (χ4n) is 1.50. The molecule has 0 radical (unpaired) electrons. The van der Waals surface area contributed by atoms with Gasteiger partial charge < -0.3 is 10.1 Å². The summed E-state index contributed by atoms with van der Waals surface area (Å²) >= 11 is 1.67. The van der Waals surface area contributed by atoms with Crippen molar-refractivity contribution in [2.75, 3.05) is 17.6 Å². The summed E-state index contributed by atoms with van der Waals surface area (Å²) in [6, 6.07) is 0.409. The second-order valence-corrected chi connectivity index (χ2v) is 5.94. The molecule has 0 fully saturated rings. The van der Waals surface area contributed by atoms with Gasteiger partial charge in [0, 0.05) is 12.3 Å². The molecule has 0 saturated heterocycles. The molecular formula is C14H26N4OS. The molecule has 0 saturated carbocycles. The molecule has 1 aromatic heterocycles. The van der Waals surface area contributed by atoms with Crippen LogP contribution < -0.4 is 10.1 Å². The van der Waals surface area contributed by atoms with E-state index in [1.54, 1.807) is 11.8 Å². The number of unbranched alkanes of at least 4 members (excludes halogenated alkanes) is 2. The first-order valence-electron chi connectivity index (χ1n) is 7.45. The number of rotatable bonds is 10. The van der Waals surface area contributed by atoms with E-state index in [4.69, 9.17) is 4.74 Å². The van der Waals surface area contributed by atoms with Crippen molar-refractivity contribution in [2.24, 2.45) is 0 Å². The van der Waals surface area contributed by atoms with Gasteiger partial charge in [-0.1, -0.05) is 38.5 Å². The summed E-state index contributed by atoms with van der Waals surface area (Å²) in [5.74, 6) is 1.64. The van der Waals surface area contributed by atoms with Crippen LogP contribution in [0.1, 0.15) is 53.4 Å². The Bertz CT molecular complexity index is 387. The third-order valence-corrected chi connectivity index (χ3v) is 3.38. The first kappa shape index (κ1) is 17.0. The minimum atomic E-state index is 0.0642. The van der Waals surface area contributed by atoms with E-state index in [0.717, 1.165) is 23.9 Å². The number of hydrogen-bond donors (Lipinski definition) is 1. The zero-order chi connectivity index (χ0) is 14.8. The molecule has 1 N–H and O–H groups in total. The van der Waals surface area contributed by atoms with Gasteiger partial charge in [-0.15, -0.1) is 0 Å². The lowest BCUT2D eigenvalue weighted by atomic mass is 10.3. The van der Waals surface area contributed by atoms with Gasteiger partial charge in [0.05, 0.1) is 6.10 Å². The maximum absolute atomic E-state index is 5.59. The van der Waals surface area contributed by atoms with Crippen molar-refractivity contribution < 1.29 is 4.74 Å². The molecule has 0 atom stereocenters. The summed E-state index contributed by atoms with van der Waals surface area (Å²) in [5.41, 5.74) is 0. The Morgan fingerprint density at radius 3 is 2.55 bits per heavy atom. The molecule has 0 unspecified atom stereocenters. The summed E-state index contributed by atoms with van der Waals surface area (Å²) < 4.78 is 5.59. The molecule has 0 aliphatic rings. The van der Waals surface area contributed by atoms with E-state index in [1.807, 2.05) is 13.8 Å². The Hall–Kier alpha value is -1.04. The predicted octanol–water partition coefficient (Wildman–Crippen LogP) is 3.76. The maximum Gasteiger partial charge on any atom is 0.322 e. The summed E-state index contributed by atoms with van der Waals surface area (Å²) in [7, 11) is 0. The highest BCUT2D eigenvalue weighted by molar-refractivity contribution is 7.99. The molecule has 0 amide bonds. The number of thioether (sulfide) groups is 1. The van der Waals surface area contributed by atoms with Crippen molar-refractivity contribution in [3.8, 4) is 6.01 Å². The van der Waals surface area contributed by atoms with Gasteiger partial charge in [0.15, 0.2) is 5.16 Å². The molecule has 1 aromatic rings. The minimum Gasteiger partial charge on any atom is -0.461 e. The van der Waals surface area contributed by atoms with Crippen LogP contribution in [0.3, 0.4) is 0 Å². The van der Waals surface area contributed by atoms with Gasteiger partial charge in [-0.05, 0) is 26.7 Å². The molecule has 1 heterocycles. The van der Waals surface area contributed by atoms with Crippen molar-refractivity contribution in [3.05, 3.63) is 0 Å². The summed E-state index contributed by atoms with van der Waals surface area (Å²) in [5, 5.41) is 3.94. The summed E-state index contributed by atoms with van der Waals surface area (Å²) in [6.45, 7) is 9.11. The van der Waals surface area contributed by atoms with Gasteiger partial charge in [-0.25, -0.2) is 0 Å². The Morgan fingerprint density at radius 1 is 1.10 bits per heavy atom. The average Bonchev–Trinajstić information content (AvgIpc) is 2.40. The van der Waals surface area contributed by atoms with Crippen LogP contribution in [0.5, 0.6) is 6.01 Å². The van der Waals surface area contributed by atoms with Gasteiger partial charge in [0.2, 0.25) is 5.95 Å². The number of nitrogens with zero attached hydrogens (tertiary/aromatic N) is 3. The zero-order valence-corrected chi connectivity index (χ0v) is 13.8. The Kier molecular flexibility index (Phi) is 8.34. The Labute approximate surface area is 126 Å². The van der Waals surface area contributed by atoms with Crippen molar-refractivity contribution in [1.29, 1.82) is 0 Å². The third kappa shape index (κ3) is 6.93. The van der Waals surface area contributed by atoms with Crippen LogP contribution in [-0.4, -0.2) is 33.4 Å². The molecule has 0 spiro atoms. The van der Waals surface area contributed by atoms with Crippen LogP contribution in [0.4, 0.5) is 5.95 Å². The fraction of sp³-hybridized carbons (Fsp3) is 0.786. The van der Waals surface area contributed by atoms with Crippen molar-refractivity contribution in [3.63, 3.8) is 0 Å². The average molecular weight is 298 g/mol. The zero-order valence-electron chi connectivity index (χ0n) is 13.0. The minimum absolute atomic E-state index is 0.0642. The van der Waals surface area contributed by atoms with Gasteiger partial charge >= 0.3 is 6.01 Å². The van der Waals surface area contributed by atoms with Crippen LogP contribution in [-0.2, 0) is 0 Å². The van der Waals surface area contributed by atoms with Crippen LogP contribution in [0.2, 0.25) is 0 Å². The molecule has 0 aromatic carbocycles. The molecule has 5 nitrogen and oxygen atoms in total. The van der Waals surface area contributed by atoms with Crippen LogP contribution >= 0.6 is 11.8 Å². The second-order valence-electron chi connectivity index (χ2n) is 4.87. The van der Waals surface area contributed by atoms with E-state index in [1.165, 1.54) is 19.3 Å². The molecule has 1 rings (SSSR count). The first-order chi connectivity index (χ1) is 9.65. The van der Waals surface area contributed by atoms with Gasteiger partial charge in [0.1, 0.15) is 0 Å². The molecule has 0 aliphatic heterocycles. The van der Waals surface area contributed by atoms with E-state index < -0.39 is 0 Å². The molecular weight excluding hydrogens is 272 g/mol. The lowest BCUT2D eigenvalue weighted by Crippen LogP contribution is -2.12. The molecule has 0 bridgehead atoms. The third-order valence-electron chi connectivity index (χ3n) is 2.45. The smallest absolute Gasteiger partial charge is 0.322 e. The summed E-state index contributed by atoms with van der Waals surface area (Å²) in [6.07, 6.45) is 4.75. The highest BCUT2D eigenvalue weighted by atomic mass is 32.2. The number of anilines is 1. The van der Waals surface area contributed by atoms with Crippen LogP contribution in [0.25, 0.3) is 0 Å². The number of nitrogens with one attached hydrogen (secondary N) is 1. The fourth-order valence-corrected chi connectivity index (χ4v) is 2.32. The standard InChI is InChI=1S/C14H26N4OS/c1-5-7-8-10-20-14-17-12(15-9-6-2)16-13(18-14)19-11(3)4/h11H,5-10H2,1-4H3,(H,15,16,17,18). The quantitative estimate of drug-likeness (QED) is 0.524. The topological polar surface area (TPSA) is 59.9 Å². The lowest BCUT2D eigenvalue weighted by molar-refractivity contribution is 0.219. The molecule has 20 heavy (non-hydrogen) atoms. The van der Waals surface area contributed by atoms with E-state index in [0.29, 0.717) is 12.0 Å². The lowest BCUT2D eigenvalue weighted by Gasteiger charge is -2.10. The van der Waals surface area contributed by atoms with Crippen molar-refractivity contribution in [2.45, 2.75) is 64.6 Å². The van der Waals surface area contributed by atoms with E-state index >= 15 is 0 Å². The summed E-state index contributed by atoms with van der Waals surface area (Å²) in [4.78, 5) is 13.1. The molecule has 0 aliphatic carbocycles. The number of hydrogen-bond acceptors (Lipinski definition) is 6. The highest BCUT2D eigenvalue weighted by Gasteiger charge is 2.09. The van der Waals surface area contributed by atoms with Gasteiger partial charge in [0.25, 0.3) is 0 Å². The first-order valence-corrected chi connectivity index (χ1v) is 8.43. The largest absolute Gasteiger partial charge is 0.461 e.